The van der Waals surface area contributed by atoms with E-state index in [0.29, 0.717) is 25.2 Å². The van der Waals surface area contributed by atoms with E-state index >= 15 is 0 Å². The third-order valence-electron chi connectivity index (χ3n) is 3.82. The number of benzene rings is 1. The van der Waals surface area contributed by atoms with E-state index < -0.39 is 0 Å². The van der Waals surface area contributed by atoms with E-state index in [1.165, 1.54) is 12.0 Å². The third-order valence-corrected chi connectivity index (χ3v) is 4.51. The Morgan fingerprint density at radius 2 is 1.85 bits per heavy atom. The number of hydrogen-bond donors (Lipinski definition) is 1. The molecule has 0 bridgehead atoms. The van der Waals surface area contributed by atoms with Gasteiger partial charge < -0.3 is 14.8 Å². The van der Waals surface area contributed by atoms with Crippen LogP contribution in [-0.2, 0) is 0 Å². The van der Waals surface area contributed by atoms with Gasteiger partial charge in [0.25, 0.3) is 0 Å². The molecule has 0 saturated carbocycles. The number of fused-ring (bicyclic) bond motifs is 1. The van der Waals surface area contributed by atoms with Crippen LogP contribution < -0.4 is 14.8 Å². The lowest BCUT2D eigenvalue weighted by Gasteiger charge is -2.25. The number of hydrogen-bond acceptors (Lipinski definition) is 3. The van der Waals surface area contributed by atoms with Crippen molar-refractivity contribution in [1.82, 2.24) is 5.32 Å². The predicted octanol–water partition coefficient (Wildman–Crippen LogP) is 4.31. The molecule has 112 valence electrons. The molecule has 2 unspecified atom stereocenters. The molecule has 0 aromatic heterocycles. The summed E-state index contributed by atoms with van der Waals surface area (Å²) in [6.07, 6.45) is 2.33. The summed E-state index contributed by atoms with van der Waals surface area (Å²) < 4.78 is 12.4. The predicted molar refractivity (Wildman–Crippen MR) is 85.6 cm³/mol. The Morgan fingerprint density at radius 3 is 2.45 bits per heavy atom. The summed E-state index contributed by atoms with van der Waals surface area (Å²) in [5.74, 6) is 2.39. The topological polar surface area (TPSA) is 30.5 Å². The fourth-order valence-corrected chi connectivity index (χ4v) is 3.08. The minimum Gasteiger partial charge on any atom is -0.486 e. The van der Waals surface area contributed by atoms with E-state index in [4.69, 9.17) is 9.47 Å². The molecule has 3 nitrogen and oxygen atoms in total. The van der Waals surface area contributed by atoms with E-state index in [2.05, 4.69) is 48.1 Å². The van der Waals surface area contributed by atoms with Gasteiger partial charge in [-0.25, -0.2) is 0 Å². The molecule has 0 fully saturated rings. The average molecular weight is 342 g/mol. The molecule has 0 spiro atoms. The van der Waals surface area contributed by atoms with Crippen LogP contribution in [0.1, 0.15) is 45.2 Å². The van der Waals surface area contributed by atoms with Crippen molar-refractivity contribution in [3.63, 3.8) is 0 Å². The quantitative estimate of drug-likeness (QED) is 0.836. The van der Waals surface area contributed by atoms with Crippen molar-refractivity contribution in [2.24, 2.45) is 5.92 Å². The van der Waals surface area contributed by atoms with Gasteiger partial charge in [0.05, 0.1) is 0 Å². The summed E-state index contributed by atoms with van der Waals surface area (Å²) in [5, 5.41) is 3.59. The highest BCUT2D eigenvalue weighted by Crippen LogP contribution is 2.39. The highest BCUT2D eigenvalue weighted by molar-refractivity contribution is 9.10. The van der Waals surface area contributed by atoms with Gasteiger partial charge in [-0.15, -0.1) is 0 Å². The molecule has 1 aliphatic rings. The Kier molecular flexibility index (Phi) is 5.73. The largest absolute Gasteiger partial charge is 0.486 e. The number of nitrogens with one attached hydrogen (secondary N) is 1. The second-order valence-corrected chi connectivity index (χ2v) is 6.23. The first-order valence-corrected chi connectivity index (χ1v) is 8.27. The van der Waals surface area contributed by atoms with E-state index in [9.17, 15) is 0 Å². The lowest BCUT2D eigenvalue weighted by Crippen LogP contribution is -2.24. The van der Waals surface area contributed by atoms with Crippen molar-refractivity contribution >= 4 is 15.9 Å². The first-order chi connectivity index (χ1) is 9.65. The molecular weight excluding hydrogens is 318 g/mol. The normalized spacial score (nSPS) is 16.8. The minimum atomic E-state index is 0.347. The van der Waals surface area contributed by atoms with Crippen LogP contribution in [0.2, 0.25) is 0 Å². The lowest BCUT2D eigenvalue weighted by atomic mass is 9.94. The van der Waals surface area contributed by atoms with Gasteiger partial charge in [0, 0.05) is 10.5 Å². The van der Waals surface area contributed by atoms with Gasteiger partial charge in [0.15, 0.2) is 11.5 Å². The Hall–Kier alpha value is -0.740. The standard InChI is InChI=1S/C16H24BrNO2/c1-4-11(3)8-14(18-5-2)12-9-15-16(10-13(12)17)20-7-6-19-15/h9-11,14,18H,4-8H2,1-3H3. The van der Waals surface area contributed by atoms with Gasteiger partial charge in [0.2, 0.25) is 0 Å². The fraction of sp³-hybridized carbons (Fsp3) is 0.625. The molecule has 0 amide bonds. The molecule has 1 aromatic carbocycles. The molecule has 0 saturated heterocycles. The van der Waals surface area contributed by atoms with Crippen LogP contribution in [0.25, 0.3) is 0 Å². The Labute approximate surface area is 130 Å². The number of ether oxygens (including phenoxy) is 2. The van der Waals surface area contributed by atoms with Crippen molar-refractivity contribution in [2.45, 2.75) is 39.7 Å². The lowest BCUT2D eigenvalue weighted by molar-refractivity contribution is 0.171. The van der Waals surface area contributed by atoms with Crippen LogP contribution in [0.5, 0.6) is 11.5 Å². The van der Waals surface area contributed by atoms with E-state index in [1.807, 2.05) is 6.07 Å². The molecule has 1 N–H and O–H groups in total. The highest BCUT2D eigenvalue weighted by atomic mass is 79.9. The first-order valence-electron chi connectivity index (χ1n) is 7.48. The van der Waals surface area contributed by atoms with E-state index in [1.54, 1.807) is 0 Å². The zero-order valence-electron chi connectivity index (χ0n) is 12.5. The minimum absolute atomic E-state index is 0.347. The van der Waals surface area contributed by atoms with Crippen molar-refractivity contribution in [3.05, 3.63) is 22.2 Å². The van der Waals surface area contributed by atoms with Crippen LogP contribution in [-0.4, -0.2) is 19.8 Å². The maximum Gasteiger partial charge on any atom is 0.162 e. The Balaban J connectivity index is 2.27. The number of rotatable bonds is 6. The van der Waals surface area contributed by atoms with Crippen molar-refractivity contribution in [3.8, 4) is 11.5 Å². The Morgan fingerprint density at radius 1 is 1.20 bits per heavy atom. The molecule has 2 atom stereocenters. The van der Waals surface area contributed by atoms with E-state index in [0.717, 1.165) is 28.9 Å². The van der Waals surface area contributed by atoms with Crippen molar-refractivity contribution in [1.29, 1.82) is 0 Å². The van der Waals surface area contributed by atoms with Gasteiger partial charge in [0.1, 0.15) is 13.2 Å². The van der Waals surface area contributed by atoms with Crippen molar-refractivity contribution < 1.29 is 9.47 Å². The summed E-state index contributed by atoms with van der Waals surface area (Å²) in [5.41, 5.74) is 1.26. The second kappa shape index (κ2) is 7.32. The van der Waals surface area contributed by atoms with Crippen LogP contribution >= 0.6 is 15.9 Å². The van der Waals surface area contributed by atoms with Gasteiger partial charge in [-0.1, -0.05) is 43.1 Å². The molecule has 1 heterocycles. The molecule has 20 heavy (non-hydrogen) atoms. The zero-order chi connectivity index (χ0) is 14.5. The Bertz CT molecular complexity index is 450. The smallest absolute Gasteiger partial charge is 0.162 e. The zero-order valence-corrected chi connectivity index (χ0v) is 14.1. The fourth-order valence-electron chi connectivity index (χ4n) is 2.48. The molecule has 0 aliphatic carbocycles. The van der Waals surface area contributed by atoms with Gasteiger partial charge in [-0.05, 0) is 36.6 Å². The summed E-state index contributed by atoms with van der Waals surface area (Å²) in [6, 6.07) is 4.50. The highest BCUT2D eigenvalue weighted by Gasteiger charge is 2.21. The average Bonchev–Trinajstić information content (AvgIpc) is 2.46. The maximum atomic E-state index is 5.71. The molecule has 0 radical (unpaired) electrons. The summed E-state index contributed by atoms with van der Waals surface area (Å²) >= 11 is 3.68. The van der Waals surface area contributed by atoms with E-state index in [-0.39, 0.29) is 0 Å². The maximum absolute atomic E-state index is 5.71. The van der Waals surface area contributed by atoms with Gasteiger partial charge >= 0.3 is 0 Å². The van der Waals surface area contributed by atoms with Crippen LogP contribution in [0.4, 0.5) is 0 Å². The van der Waals surface area contributed by atoms with Crippen LogP contribution in [0.15, 0.2) is 16.6 Å². The molecule has 2 rings (SSSR count). The molecule has 1 aromatic rings. The summed E-state index contributed by atoms with van der Waals surface area (Å²) in [6.45, 7) is 8.91. The SMILES string of the molecule is CCNC(CC(C)CC)c1cc2c(cc1Br)OCCO2. The van der Waals surface area contributed by atoms with Crippen LogP contribution in [0.3, 0.4) is 0 Å². The second-order valence-electron chi connectivity index (χ2n) is 5.38. The van der Waals surface area contributed by atoms with Crippen molar-refractivity contribution in [2.75, 3.05) is 19.8 Å². The number of halogens is 1. The monoisotopic (exact) mass is 341 g/mol. The molecule has 1 aliphatic heterocycles. The molecule has 4 heteroatoms. The molecular formula is C16H24BrNO2. The van der Waals surface area contributed by atoms with Gasteiger partial charge in [-0.2, -0.15) is 0 Å². The van der Waals surface area contributed by atoms with Crippen LogP contribution in [0, 0.1) is 5.92 Å². The summed E-state index contributed by atoms with van der Waals surface area (Å²) in [7, 11) is 0. The first kappa shape index (κ1) is 15.6. The summed E-state index contributed by atoms with van der Waals surface area (Å²) in [4.78, 5) is 0. The third kappa shape index (κ3) is 3.67. The van der Waals surface area contributed by atoms with Gasteiger partial charge in [-0.3, -0.25) is 0 Å².